The topological polar surface area (TPSA) is 100 Å². The van der Waals surface area contributed by atoms with Crippen LogP contribution in [0, 0.1) is 5.82 Å². The SMILES string of the molecule is O=C(CSc1ccc(NC(=O)/C(=C/c2ccc(F)cc2)NC(=O)c2ccccc2)cc1)Nc1nc(-c2ccc3ccccc3c2)cs1. The van der Waals surface area contributed by atoms with Crippen molar-refractivity contribution in [3.8, 4) is 11.3 Å². The number of anilines is 2. The van der Waals surface area contributed by atoms with Crippen LogP contribution in [0.15, 0.2) is 137 Å². The molecule has 0 aliphatic heterocycles. The zero-order valence-corrected chi connectivity index (χ0v) is 26.4. The molecular formula is C37H27FN4O3S2. The summed E-state index contributed by atoms with van der Waals surface area (Å²) in [7, 11) is 0. The summed E-state index contributed by atoms with van der Waals surface area (Å²) in [5, 5.41) is 13.1. The van der Waals surface area contributed by atoms with Gasteiger partial charge in [-0.2, -0.15) is 0 Å². The smallest absolute Gasteiger partial charge is 0.272 e. The maximum Gasteiger partial charge on any atom is 0.272 e. The molecular weight excluding hydrogens is 632 g/mol. The molecule has 0 fully saturated rings. The molecule has 0 radical (unpaired) electrons. The number of halogens is 1. The summed E-state index contributed by atoms with van der Waals surface area (Å²) >= 11 is 2.72. The maximum absolute atomic E-state index is 13.4. The molecule has 6 rings (SSSR count). The molecule has 3 amide bonds. The predicted octanol–water partition coefficient (Wildman–Crippen LogP) is 8.24. The van der Waals surface area contributed by atoms with Crippen molar-refractivity contribution >= 4 is 68.5 Å². The average Bonchev–Trinajstić information content (AvgIpc) is 3.57. The van der Waals surface area contributed by atoms with Crippen molar-refractivity contribution in [3.63, 3.8) is 0 Å². The van der Waals surface area contributed by atoms with Gasteiger partial charge in [0.15, 0.2) is 5.13 Å². The number of rotatable bonds is 10. The Hall–Kier alpha value is -5.58. The monoisotopic (exact) mass is 658 g/mol. The van der Waals surface area contributed by atoms with Gasteiger partial charge in [-0.25, -0.2) is 9.37 Å². The van der Waals surface area contributed by atoms with E-state index in [9.17, 15) is 18.8 Å². The van der Waals surface area contributed by atoms with E-state index in [4.69, 9.17) is 0 Å². The minimum absolute atomic E-state index is 0.00783. The fourth-order valence-corrected chi connectivity index (χ4v) is 6.05. The zero-order valence-electron chi connectivity index (χ0n) is 24.8. The number of hydrogen-bond acceptors (Lipinski definition) is 6. The van der Waals surface area contributed by atoms with Gasteiger partial charge >= 0.3 is 0 Å². The second-order valence-electron chi connectivity index (χ2n) is 10.3. The first-order valence-corrected chi connectivity index (χ1v) is 16.4. The summed E-state index contributed by atoms with van der Waals surface area (Å²) in [6, 6.07) is 35.4. The van der Waals surface area contributed by atoms with Gasteiger partial charge in [0.2, 0.25) is 5.91 Å². The van der Waals surface area contributed by atoms with Crippen molar-refractivity contribution < 1.29 is 18.8 Å². The van der Waals surface area contributed by atoms with Crippen LogP contribution in [0.2, 0.25) is 0 Å². The highest BCUT2D eigenvalue weighted by Crippen LogP contribution is 2.28. The van der Waals surface area contributed by atoms with Crippen LogP contribution in [0.1, 0.15) is 15.9 Å². The van der Waals surface area contributed by atoms with Gasteiger partial charge in [0, 0.05) is 27.1 Å². The quantitative estimate of drug-likeness (QED) is 0.102. The average molecular weight is 659 g/mol. The zero-order chi connectivity index (χ0) is 32.6. The van der Waals surface area contributed by atoms with Gasteiger partial charge in [0.25, 0.3) is 11.8 Å². The Morgan fingerprint density at radius 1 is 0.787 bits per heavy atom. The lowest BCUT2D eigenvalue weighted by Gasteiger charge is -2.12. The number of carbonyl (C=O) groups is 3. The Morgan fingerprint density at radius 2 is 1.51 bits per heavy atom. The molecule has 0 spiro atoms. The summed E-state index contributed by atoms with van der Waals surface area (Å²) in [5.74, 6) is -1.43. The third kappa shape index (κ3) is 8.37. The number of amides is 3. The molecule has 47 heavy (non-hydrogen) atoms. The molecule has 1 heterocycles. The van der Waals surface area contributed by atoms with Gasteiger partial charge in [0.05, 0.1) is 11.4 Å². The van der Waals surface area contributed by atoms with Crippen LogP contribution in [0.3, 0.4) is 0 Å². The van der Waals surface area contributed by atoms with E-state index in [0.717, 1.165) is 26.9 Å². The van der Waals surface area contributed by atoms with Gasteiger partial charge < -0.3 is 16.0 Å². The first-order valence-electron chi connectivity index (χ1n) is 14.5. The molecule has 0 unspecified atom stereocenters. The standard InChI is InChI=1S/C37H27FN4O3S2/c38-29-14-10-24(11-15-29)20-32(40-35(44)26-7-2-1-3-8-26)36(45)39-30-16-18-31(19-17-30)46-23-34(43)42-37-41-33(22-47-37)28-13-12-25-6-4-5-9-27(25)21-28/h1-22H,23H2,(H,39,45)(H,40,44)(H,41,42,43)/b32-20-. The fourth-order valence-electron chi connectivity index (χ4n) is 4.62. The molecule has 0 aliphatic rings. The number of thioether (sulfide) groups is 1. The molecule has 7 nitrogen and oxygen atoms in total. The van der Waals surface area contributed by atoms with Gasteiger partial charge in [0.1, 0.15) is 11.5 Å². The Morgan fingerprint density at radius 3 is 2.28 bits per heavy atom. The van der Waals surface area contributed by atoms with E-state index in [0.29, 0.717) is 21.9 Å². The molecule has 232 valence electrons. The maximum atomic E-state index is 13.4. The van der Waals surface area contributed by atoms with Crippen LogP contribution < -0.4 is 16.0 Å². The largest absolute Gasteiger partial charge is 0.321 e. The summed E-state index contributed by atoms with van der Waals surface area (Å²) < 4.78 is 13.4. The lowest BCUT2D eigenvalue weighted by atomic mass is 10.1. The van der Waals surface area contributed by atoms with E-state index >= 15 is 0 Å². The molecule has 0 bridgehead atoms. The molecule has 0 saturated heterocycles. The van der Waals surface area contributed by atoms with Crippen molar-refractivity contribution in [2.45, 2.75) is 4.90 Å². The Balaban J connectivity index is 1.05. The Labute approximate surface area is 278 Å². The van der Waals surface area contributed by atoms with Gasteiger partial charge in [-0.05, 0) is 77.0 Å². The fraction of sp³-hybridized carbons (Fsp3) is 0.0270. The van der Waals surface area contributed by atoms with Gasteiger partial charge in [-0.1, -0.05) is 66.7 Å². The lowest BCUT2D eigenvalue weighted by Crippen LogP contribution is -2.30. The Kier molecular flexibility index (Phi) is 9.81. The van der Waals surface area contributed by atoms with E-state index < -0.39 is 17.6 Å². The third-order valence-electron chi connectivity index (χ3n) is 6.99. The summed E-state index contributed by atoms with van der Waals surface area (Å²) in [6.07, 6.45) is 1.48. The number of carbonyl (C=O) groups excluding carboxylic acids is 3. The van der Waals surface area contributed by atoms with E-state index in [1.165, 1.54) is 53.4 Å². The van der Waals surface area contributed by atoms with Crippen LogP contribution in [0.25, 0.3) is 28.1 Å². The van der Waals surface area contributed by atoms with Crippen LogP contribution in [-0.2, 0) is 9.59 Å². The number of nitrogens with zero attached hydrogens (tertiary/aromatic N) is 1. The first-order chi connectivity index (χ1) is 22.9. The lowest BCUT2D eigenvalue weighted by molar-refractivity contribution is -0.114. The number of fused-ring (bicyclic) bond motifs is 1. The molecule has 0 saturated carbocycles. The van der Waals surface area contributed by atoms with E-state index in [1.54, 1.807) is 54.6 Å². The van der Waals surface area contributed by atoms with Crippen molar-refractivity contribution in [1.82, 2.24) is 10.3 Å². The van der Waals surface area contributed by atoms with E-state index in [-0.39, 0.29) is 17.4 Å². The molecule has 1 aromatic heterocycles. The first kappa shape index (κ1) is 31.4. The molecule has 3 N–H and O–H groups in total. The van der Waals surface area contributed by atoms with Crippen molar-refractivity contribution in [3.05, 3.63) is 149 Å². The van der Waals surface area contributed by atoms with Crippen LogP contribution in [0.4, 0.5) is 15.2 Å². The third-order valence-corrected chi connectivity index (χ3v) is 8.76. The summed E-state index contributed by atoms with van der Waals surface area (Å²) in [5.41, 5.74) is 3.20. The van der Waals surface area contributed by atoms with Crippen molar-refractivity contribution in [1.29, 1.82) is 0 Å². The second kappa shape index (κ2) is 14.7. The molecule has 0 atom stereocenters. The second-order valence-corrected chi connectivity index (χ2v) is 12.3. The normalized spacial score (nSPS) is 11.2. The number of aromatic nitrogens is 1. The Bertz CT molecular complexity index is 2080. The summed E-state index contributed by atoms with van der Waals surface area (Å²) in [4.78, 5) is 44.2. The highest BCUT2D eigenvalue weighted by atomic mass is 32.2. The van der Waals surface area contributed by atoms with E-state index in [2.05, 4.69) is 45.2 Å². The highest BCUT2D eigenvalue weighted by Gasteiger charge is 2.16. The van der Waals surface area contributed by atoms with Crippen molar-refractivity contribution in [2.75, 3.05) is 16.4 Å². The molecule has 6 aromatic rings. The minimum Gasteiger partial charge on any atom is -0.321 e. The van der Waals surface area contributed by atoms with Gasteiger partial charge in [-0.3, -0.25) is 14.4 Å². The summed E-state index contributed by atoms with van der Waals surface area (Å²) in [6.45, 7) is 0. The highest BCUT2D eigenvalue weighted by molar-refractivity contribution is 8.00. The van der Waals surface area contributed by atoms with E-state index in [1.807, 2.05) is 23.6 Å². The molecule has 5 aromatic carbocycles. The van der Waals surface area contributed by atoms with Crippen LogP contribution in [-0.4, -0.2) is 28.5 Å². The van der Waals surface area contributed by atoms with Gasteiger partial charge in [-0.15, -0.1) is 23.1 Å². The predicted molar refractivity (Wildman–Crippen MR) is 188 cm³/mol. The molecule has 0 aliphatic carbocycles. The number of benzene rings is 5. The van der Waals surface area contributed by atoms with Crippen LogP contribution >= 0.6 is 23.1 Å². The molecule has 10 heteroatoms. The van der Waals surface area contributed by atoms with Crippen molar-refractivity contribution in [2.24, 2.45) is 0 Å². The number of thiazole rings is 1. The number of nitrogens with one attached hydrogen (secondary N) is 3. The van der Waals surface area contributed by atoms with Crippen LogP contribution in [0.5, 0.6) is 0 Å². The number of hydrogen-bond donors (Lipinski definition) is 3. The minimum atomic E-state index is -0.551.